The fraction of sp³-hybridized carbons (Fsp3) is 0.111. The van der Waals surface area contributed by atoms with Gasteiger partial charge in [-0.3, -0.25) is 0 Å². The van der Waals surface area contributed by atoms with E-state index in [1.807, 2.05) is 18.2 Å². The average Bonchev–Trinajstić information content (AvgIpc) is 2.65. The molecule has 2 aromatic heterocycles. The molecule has 2 aromatic rings. The largest absolute Gasteiger partial charge is 0.357 e. The maximum Gasteiger partial charge on any atom is 0.222 e. The molecule has 2 rings (SSSR count). The highest BCUT2D eigenvalue weighted by Crippen LogP contribution is 2.29. The number of rotatable bonds is 2. The standard InChI is InChI=1S/C9H8ClN3S/c1-11-9-12-5-4-6(13-9)7-2-3-8(10)14-7/h2-5H,1H3,(H,11,12,13). The van der Waals surface area contributed by atoms with Crippen molar-refractivity contribution < 1.29 is 0 Å². The number of hydrogen-bond acceptors (Lipinski definition) is 4. The maximum atomic E-state index is 5.84. The third kappa shape index (κ3) is 1.86. The first-order chi connectivity index (χ1) is 6.79. The second kappa shape index (κ2) is 3.94. The van der Waals surface area contributed by atoms with E-state index in [0.717, 1.165) is 14.9 Å². The lowest BCUT2D eigenvalue weighted by molar-refractivity contribution is 1.16. The summed E-state index contributed by atoms with van der Waals surface area (Å²) in [5.74, 6) is 0.618. The molecule has 5 heteroatoms. The van der Waals surface area contributed by atoms with Gasteiger partial charge in [0.05, 0.1) is 14.9 Å². The van der Waals surface area contributed by atoms with Crippen molar-refractivity contribution in [3.63, 3.8) is 0 Å². The second-order valence-corrected chi connectivity index (χ2v) is 4.33. The second-order valence-electron chi connectivity index (χ2n) is 2.62. The van der Waals surface area contributed by atoms with E-state index >= 15 is 0 Å². The highest BCUT2D eigenvalue weighted by Gasteiger charge is 2.03. The van der Waals surface area contributed by atoms with Gasteiger partial charge in [-0.2, -0.15) is 0 Å². The molecule has 0 unspecified atom stereocenters. The Bertz CT molecular complexity index is 441. The Labute approximate surface area is 90.8 Å². The summed E-state index contributed by atoms with van der Waals surface area (Å²) in [5.41, 5.74) is 0.890. The Kier molecular flexibility index (Phi) is 2.65. The predicted molar refractivity (Wildman–Crippen MR) is 59.9 cm³/mol. The first-order valence-corrected chi connectivity index (χ1v) is 5.25. The van der Waals surface area contributed by atoms with Crippen LogP contribution in [0.2, 0.25) is 4.34 Å². The first kappa shape index (κ1) is 9.43. The molecule has 0 amide bonds. The molecule has 0 bridgehead atoms. The van der Waals surface area contributed by atoms with E-state index in [-0.39, 0.29) is 0 Å². The molecule has 0 aliphatic heterocycles. The minimum Gasteiger partial charge on any atom is -0.357 e. The third-order valence-electron chi connectivity index (χ3n) is 1.70. The van der Waals surface area contributed by atoms with Crippen LogP contribution in [0.5, 0.6) is 0 Å². The van der Waals surface area contributed by atoms with Gasteiger partial charge >= 0.3 is 0 Å². The lowest BCUT2D eigenvalue weighted by atomic mass is 10.3. The Morgan fingerprint density at radius 2 is 2.21 bits per heavy atom. The number of hydrogen-bond donors (Lipinski definition) is 1. The van der Waals surface area contributed by atoms with Crippen LogP contribution in [0, 0.1) is 0 Å². The van der Waals surface area contributed by atoms with E-state index in [1.165, 1.54) is 11.3 Å². The first-order valence-electron chi connectivity index (χ1n) is 4.06. The Morgan fingerprint density at radius 3 is 2.86 bits per heavy atom. The van der Waals surface area contributed by atoms with Gasteiger partial charge in [0.15, 0.2) is 0 Å². The Balaban J connectivity index is 2.41. The van der Waals surface area contributed by atoms with E-state index in [2.05, 4.69) is 15.3 Å². The van der Waals surface area contributed by atoms with Crippen molar-refractivity contribution in [3.05, 3.63) is 28.7 Å². The van der Waals surface area contributed by atoms with E-state index in [9.17, 15) is 0 Å². The zero-order valence-electron chi connectivity index (χ0n) is 7.49. The maximum absolute atomic E-state index is 5.84. The van der Waals surface area contributed by atoms with Gasteiger partial charge < -0.3 is 5.32 Å². The van der Waals surface area contributed by atoms with E-state index < -0.39 is 0 Å². The van der Waals surface area contributed by atoms with Crippen LogP contribution in [-0.4, -0.2) is 17.0 Å². The topological polar surface area (TPSA) is 37.8 Å². The van der Waals surface area contributed by atoms with E-state index in [0.29, 0.717) is 5.95 Å². The summed E-state index contributed by atoms with van der Waals surface area (Å²) < 4.78 is 0.768. The van der Waals surface area contributed by atoms with Crippen molar-refractivity contribution in [1.29, 1.82) is 0 Å². The van der Waals surface area contributed by atoms with Crippen LogP contribution in [0.15, 0.2) is 24.4 Å². The summed E-state index contributed by atoms with van der Waals surface area (Å²) >= 11 is 7.35. The third-order valence-corrected chi connectivity index (χ3v) is 2.96. The molecule has 3 nitrogen and oxygen atoms in total. The minimum atomic E-state index is 0.618. The van der Waals surface area contributed by atoms with Gasteiger partial charge in [0, 0.05) is 13.2 Å². The van der Waals surface area contributed by atoms with E-state index in [4.69, 9.17) is 11.6 Å². The molecule has 0 saturated heterocycles. The van der Waals surface area contributed by atoms with Gasteiger partial charge in [-0.15, -0.1) is 11.3 Å². The fourth-order valence-corrected chi connectivity index (χ4v) is 2.08. The molecule has 2 heterocycles. The highest BCUT2D eigenvalue weighted by molar-refractivity contribution is 7.19. The number of aromatic nitrogens is 2. The van der Waals surface area contributed by atoms with Crippen LogP contribution in [0.1, 0.15) is 0 Å². The molecule has 1 N–H and O–H groups in total. The van der Waals surface area contributed by atoms with Crippen LogP contribution in [0.3, 0.4) is 0 Å². The average molecular weight is 226 g/mol. The molecule has 0 radical (unpaired) electrons. The normalized spacial score (nSPS) is 10.1. The van der Waals surface area contributed by atoms with Crippen molar-refractivity contribution in [2.45, 2.75) is 0 Å². The van der Waals surface area contributed by atoms with Gasteiger partial charge in [0.1, 0.15) is 0 Å². The summed E-state index contributed by atoms with van der Waals surface area (Å²) in [6.45, 7) is 0. The van der Waals surface area contributed by atoms with Crippen molar-refractivity contribution in [2.24, 2.45) is 0 Å². The van der Waals surface area contributed by atoms with Gasteiger partial charge in [0.25, 0.3) is 0 Å². The summed E-state index contributed by atoms with van der Waals surface area (Å²) in [5, 5.41) is 2.89. The quantitative estimate of drug-likeness (QED) is 0.854. The number of nitrogens with zero attached hydrogens (tertiary/aromatic N) is 2. The van der Waals surface area contributed by atoms with Gasteiger partial charge in [-0.05, 0) is 18.2 Å². The molecule has 0 saturated carbocycles. The van der Waals surface area contributed by atoms with E-state index in [1.54, 1.807) is 13.2 Å². The van der Waals surface area contributed by atoms with Crippen LogP contribution in [0.4, 0.5) is 5.95 Å². The molecule has 0 aliphatic rings. The summed E-state index contributed by atoms with van der Waals surface area (Å²) in [6.07, 6.45) is 1.72. The number of anilines is 1. The number of thiophene rings is 1. The Morgan fingerprint density at radius 1 is 1.36 bits per heavy atom. The molecule has 0 aliphatic carbocycles. The zero-order valence-corrected chi connectivity index (χ0v) is 9.06. The summed E-state index contributed by atoms with van der Waals surface area (Å²) in [7, 11) is 1.79. The minimum absolute atomic E-state index is 0.618. The van der Waals surface area contributed by atoms with Crippen molar-refractivity contribution >= 4 is 28.9 Å². The fourth-order valence-electron chi connectivity index (χ4n) is 1.07. The Hall–Kier alpha value is -1.13. The number of halogens is 1. The van der Waals surface area contributed by atoms with Crippen LogP contribution < -0.4 is 5.32 Å². The van der Waals surface area contributed by atoms with Gasteiger partial charge in [-0.1, -0.05) is 11.6 Å². The lowest BCUT2D eigenvalue weighted by Gasteiger charge is -1.99. The molecule has 14 heavy (non-hydrogen) atoms. The van der Waals surface area contributed by atoms with Crippen molar-refractivity contribution in [3.8, 4) is 10.6 Å². The SMILES string of the molecule is CNc1nccc(-c2ccc(Cl)s2)n1. The number of nitrogens with one attached hydrogen (secondary N) is 1. The molecule has 72 valence electrons. The summed E-state index contributed by atoms with van der Waals surface area (Å²) in [4.78, 5) is 9.39. The smallest absolute Gasteiger partial charge is 0.222 e. The van der Waals surface area contributed by atoms with Crippen molar-refractivity contribution in [2.75, 3.05) is 12.4 Å². The molecule has 0 fully saturated rings. The summed E-state index contributed by atoms with van der Waals surface area (Å²) in [6, 6.07) is 5.68. The predicted octanol–water partition coefficient (Wildman–Crippen LogP) is 2.90. The van der Waals surface area contributed by atoms with Crippen molar-refractivity contribution in [1.82, 2.24) is 9.97 Å². The van der Waals surface area contributed by atoms with Gasteiger partial charge in [-0.25, -0.2) is 9.97 Å². The molecular weight excluding hydrogens is 218 g/mol. The van der Waals surface area contributed by atoms with Crippen LogP contribution >= 0.6 is 22.9 Å². The monoisotopic (exact) mass is 225 g/mol. The van der Waals surface area contributed by atoms with Gasteiger partial charge in [0.2, 0.25) is 5.95 Å². The van der Waals surface area contributed by atoms with Crippen LogP contribution in [-0.2, 0) is 0 Å². The molecule has 0 aromatic carbocycles. The lowest BCUT2D eigenvalue weighted by Crippen LogP contribution is -1.95. The highest BCUT2D eigenvalue weighted by atomic mass is 35.5. The molecule has 0 atom stereocenters. The van der Waals surface area contributed by atoms with Crippen LogP contribution in [0.25, 0.3) is 10.6 Å². The zero-order chi connectivity index (χ0) is 9.97. The molecule has 0 spiro atoms. The molecular formula is C9H8ClN3S.